The van der Waals surface area contributed by atoms with E-state index in [1.165, 1.54) is 43.9 Å². The molecule has 5 rings (SSSR count). The summed E-state index contributed by atoms with van der Waals surface area (Å²) in [6.45, 7) is 11.1. The molecule has 0 bridgehead atoms. The Morgan fingerprint density at radius 3 is 1.61 bits per heavy atom. The summed E-state index contributed by atoms with van der Waals surface area (Å²) in [6, 6.07) is 28.0. The number of halogens is 2. The van der Waals surface area contributed by atoms with Crippen molar-refractivity contribution < 1.29 is 10.9 Å². The molecule has 0 aromatic heterocycles. The molecule has 5 heteroatoms. The van der Waals surface area contributed by atoms with Crippen LogP contribution in [0.5, 0.6) is 0 Å². The fraction of sp³-hybridized carbons (Fsp3) is 0.226. The van der Waals surface area contributed by atoms with Gasteiger partial charge in [-0.25, -0.2) is 9.98 Å². The molecule has 0 radical (unpaired) electrons. The van der Waals surface area contributed by atoms with Gasteiger partial charge in [0.25, 0.3) is 0 Å². The van der Waals surface area contributed by atoms with E-state index in [-0.39, 0.29) is 0 Å². The number of para-hydroxylation sites is 1. The van der Waals surface area contributed by atoms with E-state index >= 15 is 0 Å². The van der Waals surface area contributed by atoms with E-state index in [1.54, 1.807) is 0 Å². The third-order valence-electron chi connectivity index (χ3n) is 6.48. The summed E-state index contributed by atoms with van der Waals surface area (Å²) in [4.78, 5) is 10.6. The van der Waals surface area contributed by atoms with Crippen LogP contribution >= 0.6 is 28.5 Å². The van der Waals surface area contributed by atoms with Gasteiger partial charge < -0.3 is 0 Å². The van der Waals surface area contributed by atoms with Gasteiger partial charge in [0, 0.05) is 16.5 Å². The Labute approximate surface area is 234 Å². The van der Waals surface area contributed by atoms with Crippen LogP contribution in [-0.2, 0) is 10.9 Å². The molecule has 0 saturated carbocycles. The molecule has 0 fully saturated rings. The summed E-state index contributed by atoms with van der Waals surface area (Å²) in [5.41, 5.74) is 10.1. The van der Waals surface area contributed by atoms with Crippen molar-refractivity contribution >= 4 is 62.0 Å². The molecule has 0 N–H and O–H groups in total. The second-order valence-corrected chi connectivity index (χ2v) is 14.6. The van der Waals surface area contributed by atoms with E-state index in [0.29, 0.717) is 11.8 Å². The van der Waals surface area contributed by atoms with Gasteiger partial charge in [-0.1, -0.05) is 100.0 Å². The second-order valence-electron chi connectivity index (χ2n) is 9.61. The van der Waals surface area contributed by atoms with E-state index in [2.05, 4.69) is 142 Å². The fourth-order valence-electron chi connectivity index (χ4n) is 4.72. The number of hydrogen-bond acceptors (Lipinski definition) is 2. The van der Waals surface area contributed by atoms with Crippen molar-refractivity contribution in [2.75, 3.05) is 0 Å². The molecule has 4 aromatic rings. The van der Waals surface area contributed by atoms with Crippen LogP contribution in [0, 0.1) is 6.92 Å². The summed E-state index contributed by atoms with van der Waals surface area (Å²) in [5.74, 6) is 0.778. The SMILES string of the molecule is Cc1ccc(N=C2C(=Nc3c(C(C)C)cccc3C(C)C)c3cccc4cccc2c34)cc1.[Br][Ni][Br]. The quantitative estimate of drug-likeness (QED) is 0.197. The third-order valence-corrected chi connectivity index (χ3v) is 6.48. The van der Waals surface area contributed by atoms with Gasteiger partial charge in [0.1, 0.15) is 0 Å². The van der Waals surface area contributed by atoms with Crippen LogP contribution in [0.2, 0.25) is 0 Å². The Kier molecular flexibility index (Phi) is 8.98. The van der Waals surface area contributed by atoms with Crippen LogP contribution in [0.25, 0.3) is 10.8 Å². The molecule has 0 heterocycles. The standard InChI is InChI=1S/C31H30N2.2BrH.Ni/c1-19(2)24-11-8-12-25(20(3)4)29(24)33-31-27-14-7-10-22-9-6-13-26(28(22)27)30(31)32-23-17-15-21(5)16-18-23;;;/h6-20H,1-5H3;2*1H;/q;;;+2/p-2. The zero-order valence-electron chi connectivity index (χ0n) is 21.1. The number of hydrogen-bond donors (Lipinski definition) is 0. The van der Waals surface area contributed by atoms with Crippen LogP contribution in [0.4, 0.5) is 11.4 Å². The third kappa shape index (κ3) is 5.59. The monoisotopic (exact) mass is 646 g/mol. The van der Waals surface area contributed by atoms with Crippen LogP contribution in [0.3, 0.4) is 0 Å². The summed E-state index contributed by atoms with van der Waals surface area (Å²) < 4.78 is 0. The maximum absolute atomic E-state index is 5.42. The Bertz CT molecular complexity index is 1410. The first-order valence-corrected chi connectivity index (χ1v) is 17.0. The predicted molar refractivity (Wildman–Crippen MR) is 160 cm³/mol. The summed E-state index contributed by atoms with van der Waals surface area (Å²) in [5, 5.41) is 2.48. The molecule has 2 nitrogen and oxygen atoms in total. The van der Waals surface area contributed by atoms with Gasteiger partial charge in [0.15, 0.2) is 0 Å². The molecule has 0 atom stereocenters. The first-order valence-electron chi connectivity index (χ1n) is 12.1. The average molecular weight is 649 g/mol. The van der Waals surface area contributed by atoms with Crippen molar-refractivity contribution in [3.05, 3.63) is 107 Å². The first kappa shape index (κ1) is 27.0. The number of benzene rings is 4. The summed E-state index contributed by atoms with van der Waals surface area (Å²) in [7, 11) is 1.25. The van der Waals surface area contributed by atoms with E-state index < -0.39 is 0 Å². The number of rotatable bonds is 4. The molecule has 0 saturated heterocycles. The Morgan fingerprint density at radius 1 is 0.639 bits per heavy atom. The van der Waals surface area contributed by atoms with Gasteiger partial charge in [-0.15, -0.1) is 0 Å². The number of nitrogens with zero attached hydrogens (tertiary/aromatic N) is 2. The molecule has 0 amide bonds. The van der Waals surface area contributed by atoms with Crippen molar-refractivity contribution in [1.29, 1.82) is 0 Å². The first-order chi connectivity index (χ1) is 17.3. The molecular weight excluding hydrogens is 619 g/mol. The number of aliphatic imine (C=N–C) groups is 2. The minimum atomic E-state index is 0.389. The molecule has 4 aromatic carbocycles. The van der Waals surface area contributed by atoms with Crippen LogP contribution in [0.1, 0.15) is 67.3 Å². The molecule has 1 aliphatic carbocycles. The number of aryl methyl sites for hydroxylation is 1. The zero-order chi connectivity index (χ0) is 25.8. The van der Waals surface area contributed by atoms with Gasteiger partial charge in [0.2, 0.25) is 0 Å². The van der Waals surface area contributed by atoms with Crippen molar-refractivity contribution in [2.24, 2.45) is 9.98 Å². The molecule has 1 aliphatic rings. The normalized spacial score (nSPS) is 14.8. The van der Waals surface area contributed by atoms with E-state index in [1.807, 2.05) is 0 Å². The van der Waals surface area contributed by atoms with Crippen molar-refractivity contribution in [3.8, 4) is 0 Å². The molecule has 0 aliphatic heterocycles. The molecule has 188 valence electrons. The zero-order valence-corrected chi connectivity index (χ0v) is 25.3. The Balaban J connectivity index is 0.000000967. The minimum absolute atomic E-state index is 0.389. The molecular formula is C31H30Br2N2Ni. The molecule has 0 spiro atoms. The average Bonchev–Trinajstić information content (AvgIpc) is 3.15. The van der Waals surface area contributed by atoms with Crippen LogP contribution in [-0.4, -0.2) is 11.4 Å². The second kappa shape index (κ2) is 12.0. The fourth-order valence-corrected chi connectivity index (χ4v) is 4.72. The maximum atomic E-state index is 5.42. The van der Waals surface area contributed by atoms with E-state index in [4.69, 9.17) is 9.98 Å². The Hall–Kier alpha value is -2.07. The van der Waals surface area contributed by atoms with Gasteiger partial charge in [-0.05, 0) is 47.4 Å². The van der Waals surface area contributed by atoms with Gasteiger partial charge >= 0.3 is 39.3 Å². The van der Waals surface area contributed by atoms with Crippen molar-refractivity contribution in [2.45, 2.75) is 46.5 Å². The summed E-state index contributed by atoms with van der Waals surface area (Å²) in [6.07, 6.45) is 0. The van der Waals surface area contributed by atoms with Gasteiger partial charge in [-0.3, -0.25) is 0 Å². The van der Waals surface area contributed by atoms with Crippen LogP contribution < -0.4 is 0 Å². The predicted octanol–water partition coefficient (Wildman–Crippen LogP) is 10.3. The topological polar surface area (TPSA) is 24.7 Å². The van der Waals surface area contributed by atoms with Crippen molar-refractivity contribution in [1.82, 2.24) is 0 Å². The Morgan fingerprint density at radius 2 is 1.11 bits per heavy atom. The summed E-state index contributed by atoms with van der Waals surface area (Å²) >= 11 is 6.00. The van der Waals surface area contributed by atoms with Gasteiger partial charge in [-0.2, -0.15) is 0 Å². The van der Waals surface area contributed by atoms with Crippen LogP contribution in [0.15, 0.2) is 88.8 Å². The molecule has 0 unspecified atom stereocenters. The van der Waals surface area contributed by atoms with Gasteiger partial charge in [0.05, 0.1) is 22.8 Å². The molecule has 36 heavy (non-hydrogen) atoms. The van der Waals surface area contributed by atoms with E-state index in [9.17, 15) is 0 Å². The van der Waals surface area contributed by atoms with E-state index in [0.717, 1.165) is 28.4 Å². The van der Waals surface area contributed by atoms with Crippen molar-refractivity contribution in [3.63, 3.8) is 0 Å².